The van der Waals surface area contributed by atoms with Crippen molar-refractivity contribution in [2.45, 2.75) is 31.9 Å². The minimum absolute atomic E-state index is 0.0800. The number of aromatic nitrogens is 1. The molecule has 0 radical (unpaired) electrons. The van der Waals surface area contributed by atoms with Gasteiger partial charge in [0, 0.05) is 37.2 Å². The van der Waals surface area contributed by atoms with Gasteiger partial charge in [-0.1, -0.05) is 0 Å². The molecule has 3 aromatic rings. The standard InChI is InChI=1S/C24H28N4O5S/c1-31-18-8-6-17(7-9-18)26-24-27-21(16-34-24)23(30)28(15-20-5-3-13-33-20)11-10-22(29)25-14-19-4-2-12-32-19/h3,5-9,13,16,19H,2,4,10-12,14-15H2,1H3,(H,25,29)(H,26,27). The van der Waals surface area contributed by atoms with E-state index in [9.17, 15) is 9.59 Å². The summed E-state index contributed by atoms with van der Waals surface area (Å²) in [5.74, 6) is 1.02. The fourth-order valence-electron chi connectivity index (χ4n) is 3.59. The summed E-state index contributed by atoms with van der Waals surface area (Å²) in [6.45, 7) is 1.74. The molecule has 1 aromatic carbocycles. The number of anilines is 2. The minimum Gasteiger partial charge on any atom is -0.497 e. The molecule has 2 aromatic heterocycles. The van der Waals surface area contributed by atoms with Crippen LogP contribution in [0.2, 0.25) is 0 Å². The number of hydrogen-bond acceptors (Lipinski definition) is 8. The molecule has 1 fully saturated rings. The van der Waals surface area contributed by atoms with Gasteiger partial charge in [0.2, 0.25) is 5.91 Å². The highest BCUT2D eigenvalue weighted by Gasteiger charge is 2.22. The van der Waals surface area contributed by atoms with Gasteiger partial charge < -0.3 is 29.4 Å². The molecule has 10 heteroatoms. The third-order valence-electron chi connectivity index (χ3n) is 5.44. The Hall–Kier alpha value is -3.37. The van der Waals surface area contributed by atoms with Crippen molar-refractivity contribution in [3.63, 3.8) is 0 Å². The second-order valence-electron chi connectivity index (χ2n) is 7.89. The molecule has 2 N–H and O–H groups in total. The summed E-state index contributed by atoms with van der Waals surface area (Å²) in [7, 11) is 1.61. The topological polar surface area (TPSA) is 106 Å². The summed E-state index contributed by atoms with van der Waals surface area (Å²) in [6.07, 6.45) is 3.80. The first-order valence-corrected chi connectivity index (χ1v) is 12.1. The van der Waals surface area contributed by atoms with Gasteiger partial charge in [-0.25, -0.2) is 4.98 Å². The molecule has 0 aliphatic carbocycles. The van der Waals surface area contributed by atoms with E-state index in [1.54, 1.807) is 35.8 Å². The predicted octanol–water partition coefficient (Wildman–Crippen LogP) is 3.82. The molecule has 1 atom stereocenters. The van der Waals surface area contributed by atoms with E-state index in [0.29, 0.717) is 23.1 Å². The van der Waals surface area contributed by atoms with E-state index in [1.165, 1.54) is 11.3 Å². The predicted molar refractivity (Wildman–Crippen MR) is 128 cm³/mol. The Bertz CT molecular complexity index is 1060. The molecule has 2 amide bonds. The third-order valence-corrected chi connectivity index (χ3v) is 6.20. The second-order valence-corrected chi connectivity index (χ2v) is 8.74. The van der Waals surface area contributed by atoms with Crippen LogP contribution in [0.4, 0.5) is 10.8 Å². The van der Waals surface area contributed by atoms with Gasteiger partial charge in [-0.15, -0.1) is 11.3 Å². The van der Waals surface area contributed by atoms with E-state index in [4.69, 9.17) is 13.9 Å². The van der Waals surface area contributed by atoms with Crippen molar-refractivity contribution < 1.29 is 23.5 Å². The quantitative estimate of drug-likeness (QED) is 0.426. The van der Waals surface area contributed by atoms with Crippen molar-refractivity contribution in [1.29, 1.82) is 0 Å². The Morgan fingerprint density at radius 2 is 2.12 bits per heavy atom. The molecule has 0 spiro atoms. The van der Waals surface area contributed by atoms with E-state index < -0.39 is 0 Å². The lowest BCUT2D eigenvalue weighted by Crippen LogP contribution is -2.37. The molecular weight excluding hydrogens is 456 g/mol. The summed E-state index contributed by atoms with van der Waals surface area (Å²) in [4.78, 5) is 31.6. The number of amides is 2. The van der Waals surface area contributed by atoms with Crippen LogP contribution in [0.25, 0.3) is 0 Å². The van der Waals surface area contributed by atoms with Gasteiger partial charge in [-0.3, -0.25) is 9.59 Å². The zero-order chi connectivity index (χ0) is 23.8. The Morgan fingerprint density at radius 1 is 1.26 bits per heavy atom. The van der Waals surface area contributed by atoms with Crippen molar-refractivity contribution in [2.75, 3.05) is 32.1 Å². The molecule has 9 nitrogen and oxygen atoms in total. The van der Waals surface area contributed by atoms with Crippen LogP contribution in [-0.2, 0) is 16.1 Å². The second kappa shape index (κ2) is 11.7. The average molecular weight is 485 g/mol. The molecule has 180 valence electrons. The smallest absolute Gasteiger partial charge is 0.273 e. The van der Waals surface area contributed by atoms with E-state index in [1.807, 2.05) is 24.3 Å². The summed E-state index contributed by atoms with van der Waals surface area (Å²) in [6, 6.07) is 11.0. The highest BCUT2D eigenvalue weighted by atomic mass is 32.1. The minimum atomic E-state index is -0.262. The number of thiazole rings is 1. The first-order valence-electron chi connectivity index (χ1n) is 11.2. The number of furan rings is 1. The van der Waals surface area contributed by atoms with Crippen molar-refractivity contribution >= 4 is 34.0 Å². The molecule has 0 bridgehead atoms. The molecule has 0 saturated carbocycles. The van der Waals surface area contributed by atoms with Crippen LogP contribution in [0, 0.1) is 0 Å². The normalized spacial score (nSPS) is 15.1. The van der Waals surface area contributed by atoms with Crippen LogP contribution >= 0.6 is 11.3 Å². The molecule has 3 heterocycles. The van der Waals surface area contributed by atoms with Gasteiger partial charge in [-0.05, 0) is 49.2 Å². The lowest BCUT2D eigenvalue weighted by Gasteiger charge is -2.21. The highest BCUT2D eigenvalue weighted by Crippen LogP contribution is 2.24. The van der Waals surface area contributed by atoms with Gasteiger partial charge in [0.1, 0.15) is 17.2 Å². The number of carbonyl (C=O) groups excluding carboxylic acids is 2. The largest absolute Gasteiger partial charge is 0.497 e. The number of ether oxygens (including phenoxy) is 2. The monoisotopic (exact) mass is 484 g/mol. The van der Waals surface area contributed by atoms with E-state index in [0.717, 1.165) is 30.9 Å². The summed E-state index contributed by atoms with van der Waals surface area (Å²) in [5, 5.41) is 8.40. The van der Waals surface area contributed by atoms with Crippen LogP contribution < -0.4 is 15.4 Å². The maximum absolute atomic E-state index is 13.2. The zero-order valence-electron chi connectivity index (χ0n) is 19.0. The molecule has 34 heavy (non-hydrogen) atoms. The van der Waals surface area contributed by atoms with Gasteiger partial charge in [0.05, 0.1) is 26.0 Å². The summed E-state index contributed by atoms with van der Waals surface area (Å²) in [5.41, 5.74) is 1.15. The Morgan fingerprint density at radius 3 is 2.82 bits per heavy atom. The number of nitrogens with one attached hydrogen (secondary N) is 2. The SMILES string of the molecule is COc1ccc(Nc2nc(C(=O)N(CCC(=O)NCC3CCCO3)Cc3ccco3)cs2)cc1. The number of rotatable bonds is 11. The lowest BCUT2D eigenvalue weighted by molar-refractivity contribution is -0.121. The number of benzene rings is 1. The number of nitrogens with zero attached hydrogens (tertiary/aromatic N) is 2. The molecule has 4 rings (SSSR count). The molecule has 1 unspecified atom stereocenters. The Labute approximate surface area is 202 Å². The van der Waals surface area contributed by atoms with Crippen LogP contribution in [0.3, 0.4) is 0 Å². The Balaban J connectivity index is 1.37. The van der Waals surface area contributed by atoms with Gasteiger partial charge >= 0.3 is 0 Å². The van der Waals surface area contributed by atoms with Gasteiger partial charge in [0.15, 0.2) is 5.13 Å². The fraction of sp³-hybridized carbons (Fsp3) is 0.375. The molecular formula is C24H28N4O5S. The van der Waals surface area contributed by atoms with Crippen LogP contribution in [0.5, 0.6) is 5.75 Å². The van der Waals surface area contributed by atoms with Crippen LogP contribution in [0.15, 0.2) is 52.5 Å². The zero-order valence-corrected chi connectivity index (χ0v) is 19.8. The van der Waals surface area contributed by atoms with E-state index >= 15 is 0 Å². The molecule has 1 aliphatic rings. The number of carbonyl (C=O) groups is 2. The van der Waals surface area contributed by atoms with Crippen molar-refractivity contribution in [1.82, 2.24) is 15.2 Å². The fourth-order valence-corrected chi connectivity index (χ4v) is 4.29. The number of hydrogen-bond donors (Lipinski definition) is 2. The van der Waals surface area contributed by atoms with E-state index in [-0.39, 0.29) is 37.4 Å². The first kappa shape index (κ1) is 23.8. The van der Waals surface area contributed by atoms with Crippen molar-refractivity contribution in [2.24, 2.45) is 0 Å². The summed E-state index contributed by atoms with van der Waals surface area (Å²) >= 11 is 1.34. The molecule has 1 aliphatic heterocycles. The average Bonchev–Trinajstić information content (AvgIpc) is 3.64. The summed E-state index contributed by atoms with van der Waals surface area (Å²) < 4.78 is 16.1. The first-order chi connectivity index (χ1) is 16.6. The maximum atomic E-state index is 13.2. The van der Waals surface area contributed by atoms with Crippen LogP contribution in [-0.4, -0.2) is 54.6 Å². The molecule has 1 saturated heterocycles. The third kappa shape index (κ3) is 6.58. The van der Waals surface area contributed by atoms with Gasteiger partial charge in [-0.2, -0.15) is 0 Å². The Kier molecular flexibility index (Phi) is 8.16. The van der Waals surface area contributed by atoms with E-state index in [2.05, 4.69) is 15.6 Å². The number of methoxy groups -OCH3 is 1. The lowest BCUT2D eigenvalue weighted by atomic mass is 10.2. The van der Waals surface area contributed by atoms with Crippen molar-refractivity contribution in [3.8, 4) is 5.75 Å². The maximum Gasteiger partial charge on any atom is 0.273 e. The van der Waals surface area contributed by atoms with Crippen molar-refractivity contribution in [3.05, 3.63) is 59.5 Å². The highest BCUT2D eigenvalue weighted by molar-refractivity contribution is 7.14. The van der Waals surface area contributed by atoms with Crippen LogP contribution in [0.1, 0.15) is 35.5 Å². The van der Waals surface area contributed by atoms with Gasteiger partial charge in [0.25, 0.3) is 5.91 Å².